The maximum Gasteiger partial charge on any atom is 0.328 e. The molecule has 9 heteroatoms. The zero-order chi connectivity index (χ0) is 25.3. The lowest BCUT2D eigenvalue weighted by Gasteiger charge is -2.14. The number of nitrogens with zero attached hydrogens (tertiary/aromatic N) is 1. The predicted octanol–water partition coefficient (Wildman–Crippen LogP) is 5.94. The average Bonchev–Trinajstić information content (AvgIpc) is 3.15. The molecule has 7 nitrogen and oxygen atoms in total. The van der Waals surface area contributed by atoms with E-state index in [1.165, 1.54) is 4.68 Å². The van der Waals surface area contributed by atoms with Gasteiger partial charge in [0.2, 0.25) is 0 Å². The van der Waals surface area contributed by atoms with E-state index in [0.717, 1.165) is 21.2 Å². The summed E-state index contributed by atoms with van der Waals surface area (Å²) in [5.41, 5.74) is 7.04. The van der Waals surface area contributed by atoms with Gasteiger partial charge in [-0.3, -0.25) is 19.8 Å². The quantitative estimate of drug-likeness (QED) is 0.273. The van der Waals surface area contributed by atoms with E-state index in [2.05, 4.69) is 32.0 Å². The molecule has 0 atom stereocenters. The summed E-state index contributed by atoms with van der Waals surface area (Å²) in [6.07, 6.45) is 0. The van der Waals surface area contributed by atoms with E-state index in [1.54, 1.807) is 42.5 Å². The summed E-state index contributed by atoms with van der Waals surface area (Å²) in [6.45, 7) is 5.65. The van der Waals surface area contributed by atoms with Crippen molar-refractivity contribution in [1.29, 1.82) is 0 Å². The van der Waals surface area contributed by atoms with Gasteiger partial charge in [-0.15, -0.1) is 0 Å². The van der Waals surface area contributed by atoms with Crippen LogP contribution < -0.4 is 16.1 Å². The van der Waals surface area contributed by atoms with E-state index >= 15 is 0 Å². The Labute approximate surface area is 215 Å². The van der Waals surface area contributed by atoms with Gasteiger partial charge in [0.25, 0.3) is 5.91 Å². The zero-order valence-electron chi connectivity index (χ0n) is 19.2. The van der Waals surface area contributed by atoms with E-state index in [4.69, 9.17) is 11.6 Å². The highest BCUT2D eigenvalue weighted by Crippen LogP contribution is 2.25. The van der Waals surface area contributed by atoms with Crippen LogP contribution in [0.3, 0.4) is 0 Å². The Hall–Kier alpha value is -3.62. The van der Waals surface area contributed by atoms with Gasteiger partial charge in [0.05, 0.1) is 5.52 Å². The second kappa shape index (κ2) is 9.93. The van der Waals surface area contributed by atoms with E-state index in [1.807, 2.05) is 39.0 Å². The van der Waals surface area contributed by atoms with Gasteiger partial charge in [-0.2, -0.15) is 0 Å². The number of aromatic nitrogens is 1. The highest BCUT2D eigenvalue weighted by atomic mass is 79.9. The fourth-order valence-corrected chi connectivity index (χ4v) is 4.18. The second-order valence-electron chi connectivity index (χ2n) is 8.20. The third-order valence-electron chi connectivity index (χ3n) is 5.48. The number of hydrogen-bond acceptors (Lipinski definition) is 3. The molecule has 35 heavy (non-hydrogen) atoms. The molecule has 0 saturated carbocycles. The second-order valence-corrected chi connectivity index (χ2v) is 9.52. The lowest BCUT2D eigenvalue weighted by molar-refractivity contribution is -0.133. The minimum Gasteiger partial charge on any atom is -0.321 e. The molecule has 0 radical (unpaired) electrons. The Morgan fingerprint density at radius 1 is 0.829 bits per heavy atom. The number of rotatable bonds is 4. The van der Waals surface area contributed by atoms with Crippen molar-refractivity contribution in [2.75, 3.05) is 16.1 Å². The topological polar surface area (TPSA) is 92.2 Å². The Balaban J connectivity index is 1.63. The van der Waals surface area contributed by atoms with E-state index in [9.17, 15) is 14.4 Å². The molecular weight excluding hydrogens is 532 g/mol. The molecule has 0 aliphatic heterocycles. The largest absolute Gasteiger partial charge is 0.328 e. The number of halogens is 2. The summed E-state index contributed by atoms with van der Waals surface area (Å²) >= 11 is 9.60. The van der Waals surface area contributed by atoms with Gasteiger partial charge in [-0.1, -0.05) is 51.3 Å². The standard InChI is InChI=1S/C26H22BrClN4O3/c1-14-4-8-21(16(3)10-14)30-25(34)26(35)31-32-22-9-6-18(27)11-17(22)12-23(32)24(33)29-19-7-5-15(2)20(28)13-19/h4-13H,1-3H3,(H,29,33)(H,30,34)(H,31,35). The summed E-state index contributed by atoms with van der Waals surface area (Å²) in [7, 11) is 0. The maximum atomic E-state index is 13.2. The third-order valence-corrected chi connectivity index (χ3v) is 6.38. The van der Waals surface area contributed by atoms with Gasteiger partial charge >= 0.3 is 11.8 Å². The molecule has 178 valence electrons. The first-order valence-corrected chi connectivity index (χ1v) is 11.9. The molecule has 0 bridgehead atoms. The molecule has 3 N–H and O–H groups in total. The lowest BCUT2D eigenvalue weighted by atomic mass is 10.1. The Kier molecular flexibility index (Phi) is 6.95. The molecule has 0 unspecified atom stereocenters. The van der Waals surface area contributed by atoms with Crippen LogP contribution in [0.2, 0.25) is 5.02 Å². The number of carbonyl (C=O) groups excluding carboxylic acids is 3. The molecule has 0 spiro atoms. The number of anilines is 2. The fourth-order valence-electron chi connectivity index (χ4n) is 3.62. The minimum absolute atomic E-state index is 0.141. The molecule has 0 saturated heterocycles. The first kappa shape index (κ1) is 24.5. The summed E-state index contributed by atoms with van der Waals surface area (Å²) in [4.78, 5) is 38.6. The molecule has 4 rings (SSSR count). The molecule has 3 amide bonds. The zero-order valence-corrected chi connectivity index (χ0v) is 21.5. The van der Waals surface area contributed by atoms with Crippen LogP contribution >= 0.6 is 27.5 Å². The van der Waals surface area contributed by atoms with E-state index < -0.39 is 17.7 Å². The number of nitrogens with one attached hydrogen (secondary N) is 3. The summed E-state index contributed by atoms with van der Waals surface area (Å²) in [5.74, 6) is -2.25. The van der Waals surface area contributed by atoms with Crippen molar-refractivity contribution < 1.29 is 14.4 Å². The van der Waals surface area contributed by atoms with Gasteiger partial charge in [0.1, 0.15) is 5.69 Å². The van der Waals surface area contributed by atoms with Gasteiger partial charge in [0, 0.05) is 26.3 Å². The van der Waals surface area contributed by atoms with Gasteiger partial charge in [-0.25, -0.2) is 4.68 Å². The minimum atomic E-state index is -0.919. The van der Waals surface area contributed by atoms with Crippen LogP contribution in [-0.2, 0) is 9.59 Å². The molecule has 3 aromatic carbocycles. The van der Waals surface area contributed by atoms with Crippen molar-refractivity contribution in [2.24, 2.45) is 0 Å². The third kappa shape index (κ3) is 5.39. The number of carbonyl (C=O) groups is 3. The van der Waals surface area contributed by atoms with Crippen molar-refractivity contribution in [3.8, 4) is 0 Å². The normalized spacial score (nSPS) is 10.8. The SMILES string of the molecule is Cc1ccc(NC(=O)C(=O)Nn2c(C(=O)Nc3ccc(C)c(Cl)c3)cc3cc(Br)ccc32)c(C)c1. The number of aryl methyl sites for hydroxylation is 3. The van der Waals surface area contributed by atoms with Crippen LogP contribution in [0.5, 0.6) is 0 Å². The highest BCUT2D eigenvalue weighted by molar-refractivity contribution is 9.10. The molecule has 1 aromatic heterocycles. The molecular formula is C26H22BrClN4O3. The monoisotopic (exact) mass is 552 g/mol. The summed E-state index contributed by atoms with van der Waals surface area (Å²) in [5, 5.41) is 6.62. The lowest BCUT2D eigenvalue weighted by Crippen LogP contribution is -2.36. The number of amides is 3. The molecule has 0 aliphatic carbocycles. The van der Waals surface area contributed by atoms with Crippen LogP contribution in [-0.4, -0.2) is 22.4 Å². The first-order valence-electron chi connectivity index (χ1n) is 10.7. The molecule has 4 aromatic rings. The Bertz CT molecular complexity index is 1500. The van der Waals surface area contributed by atoms with Crippen molar-refractivity contribution in [3.63, 3.8) is 0 Å². The van der Waals surface area contributed by atoms with Crippen LogP contribution in [0, 0.1) is 20.8 Å². The van der Waals surface area contributed by atoms with E-state index in [-0.39, 0.29) is 5.69 Å². The van der Waals surface area contributed by atoms with Crippen LogP contribution in [0.1, 0.15) is 27.2 Å². The summed E-state index contributed by atoms with van der Waals surface area (Å²) in [6, 6.07) is 17.6. The van der Waals surface area contributed by atoms with Gasteiger partial charge < -0.3 is 10.6 Å². The van der Waals surface area contributed by atoms with Crippen molar-refractivity contribution in [3.05, 3.63) is 92.5 Å². The van der Waals surface area contributed by atoms with Crippen LogP contribution in [0.4, 0.5) is 11.4 Å². The smallest absolute Gasteiger partial charge is 0.321 e. The predicted molar refractivity (Wildman–Crippen MR) is 143 cm³/mol. The fraction of sp³-hybridized carbons (Fsp3) is 0.115. The van der Waals surface area contributed by atoms with Gasteiger partial charge in [-0.05, 0) is 74.4 Å². The van der Waals surface area contributed by atoms with Crippen molar-refractivity contribution in [2.45, 2.75) is 20.8 Å². The number of hydrogen-bond donors (Lipinski definition) is 3. The van der Waals surface area contributed by atoms with Crippen LogP contribution in [0.25, 0.3) is 10.9 Å². The van der Waals surface area contributed by atoms with Gasteiger partial charge in [0.15, 0.2) is 0 Å². The average molecular weight is 554 g/mol. The van der Waals surface area contributed by atoms with E-state index in [0.29, 0.717) is 27.3 Å². The molecule has 0 aliphatic rings. The number of fused-ring (bicyclic) bond motifs is 1. The maximum absolute atomic E-state index is 13.2. The molecule has 1 heterocycles. The number of benzene rings is 3. The summed E-state index contributed by atoms with van der Waals surface area (Å²) < 4.78 is 2.11. The highest BCUT2D eigenvalue weighted by Gasteiger charge is 2.21. The van der Waals surface area contributed by atoms with Crippen molar-refractivity contribution in [1.82, 2.24) is 4.68 Å². The van der Waals surface area contributed by atoms with Crippen molar-refractivity contribution >= 4 is 67.5 Å². The van der Waals surface area contributed by atoms with Crippen LogP contribution in [0.15, 0.2) is 65.1 Å². The molecule has 0 fully saturated rings. The first-order chi connectivity index (χ1) is 16.6. The Morgan fingerprint density at radius 2 is 1.60 bits per heavy atom. The Morgan fingerprint density at radius 3 is 2.31 bits per heavy atom.